The van der Waals surface area contributed by atoms with E-state index in [9.17, 15) is 9.59 Å². The van der Waals surface area contributed by atoms with Crippen LogP contribution in [0.1, 0.15) is 65.7 Å². The summed E-state index contributed by atoms with van der Waals surface area (Å²) in [6, 6.07) is 0.141. The van der Waals surface area contributed by atoms with Crippen LogP contribution in [0, 0.1) is 5.92 Å². The molecule has 25 heavy (non-hydrogen) atoms. The van der Waals surface area contributed by atoms with Crippen molar-refractivity contribution in [1.82, 2.24) is 10.2 Å². The van der Waals surface area contributed by atoms with Gasteiger partial charge in [-0.25, -0.2) is 9.59 Å². The summed E-state index contributed by atoms with van der Waals surface area (Å²) in [5.74, 6) is 0.353. The molecule has 1 aliphatic carbocycles. The van der Waals surface area contributed by atoms with Gasteiger partial charge in [-0.3, -0.25) is 4.89 Å². The molecule has 0 unspecified atom stereocenters. The molecule has 1 N–H and O–H groups in total. The Labute approximate surface area is 150 Å². The number of carbonyl (C=O) groups is 2. The molecule has 0 radical (unpaired) electrons. The third-order valence-corrected chi connectivity index (χ3v) is 4.62. The summed E-state index contributed by atoms with van der Waals surface area (Å²) in [6.45, 7) is 7.48. The number of carbonyl (C=O) groups excluding carboxylic acids is 2. The maximum atomic E-state index is 11.8. The number of likely N-dealkylation sites (tertiary alicyclic amines) is 1. The molecule has 1 heterocycles. The average Bonchev–Trinajstić information content (AvgIpc) is 2.55. The fourth-order valence-electron chi connectivity index (χ4n) is 3.26. The number of hydrogen-bond acceptors (Lipinski definition) is 5. The van der Waals surface area contributed by atoms with Crippen molar-refractivity contribution in [2.45, 2.75) is 77.4 Å². The molecule has 0 spiro atoms. The lowest BCUT2D eigenvalue weighted by Crippen LogP contribution is -2.41. The summed E-state index contributed by atoms with van der Waals surface area (Å²) < 4.78 is 5.28. The molecule has 7 heteroatoms. The fourth-order valence-corrected chi connectivity index (χ4v) is 3.26. The minimum atomic E-state index is -0.479. The lowest BCUT2D eigenvalue weighted by Gasteiger charge is -2.30. The van der Waals surface area contributed by atoms with Crippen LogP contribution in [-0.2, 0) is 14.5 Å². The van der Waals surface area contributed by atoms with Crippen molar-refractivity contribution in [3.8, 4) is 0 Å². The van der Waals surface area contributed by atoms with Crippen LogP contribution >= 0.6 is 0 Å². The molecule has 2 amide bonds. The van der Waals surface area contributed by atoms with Gasteiger partial charge in [-0.15, -0.1) is 0 Å². The predicted octanol–water partition coefficient (Wildman–Crippen LogP) is 3.62. The highest BCUT2D eigenvalue weighted by atomic mass is 17.2. The molecule has 0 atom stereocenters. The zero-order valence-electron chi connectivity index (χ0n) is 15.7. The van der Waals surface area contributed by atoms with Gasteiger partial charge in [0.2, 0.25) is 0 Å². The highest BCUT2D eigenvalue weighted by Gasteiger charge is 2.26. The van der Waals surface area contributed by atoms with Crippen LogP contribution in [0.3, 0.4) is 0 Å². The first-order valence-corrected chi connectivity index (χ1v) is 9.41. The zero-order chi connectivity index (χ0) is 18.3. The Balaban J connectivity index is 1.57. The van der Waals surface area contributed by atoms with E-state index in [1.807, 2.05) is 20.8 Å². The largest absolute Gasteiger partial charge is 0.444 e. The Morgan fingerprint density at radius 2 is 1.68 bits per heavy atom. The molecule has 144 valence electrons. The molecule has 0 aromatic heterocycles. The molecule has 0 bridgehead atoms. The Bertz CT molecular complexity index is 435. The number of amides is 2. The van der Waals surface area contributed by atoms with Gasteiger partial charge in [-0.2, -0.15) is 4.89 Å². The number of nitrogens with one attached hydrogen (secondary N) is 1. The van der Waals surface area contributed by atoms with Crippen LogP contribution in [0.4, 0.5) is 9.59 Å². The normalized spacial score (nSPS) is 24.5. The molecule has 7 nitrogen and oxygen atoms in total. The molecule has 1 aliphatic heterocycles. The number of rotatable bonds is 4. The second-order valence-electron chi connectivity index (χ2n) is 8.05. The van der Waals surface area contributed by atoms with Gasteiger partial charge >= 0.3 is 12.2 Å². The first-order chi connectivity index (χ1) is 11.8. The SMILES string of the molecule is CC(C)(C)OC(=O)NC1CCC(COOC(=O)N2CCCCC2)CC1. The Hall–Kier alpha value is -1.50. The third-order valence-electron chi connectivity index (χ3n) is 4.62. The van der Waals surface area contributed by atoms with Crippen molar-refractivity contribution < 1.29 is 24.1 Å². The van der Waals surface area contributed by atoms with E-state index in [2.05, 4.69) is 5.32 Å². The summed E-state index contributed by atoms with van der Waals surface area (Å²) in [5, 5.41) is 2.92. The highest BCUT2D eigenvalue weighted by molar-refractivity contribution is 5.68. The van der Waals surface area contributed by atoms with Gasteiger partial charge in [-0.05, 0) is 71.6 Å². The van der Waals surface area contributed by atoms with Crippen molar-refractivity contribution >= 4 is 12.2 Å². The summed E-state index contributed by atoms with van der Waals surface area (Å²) in [6.07, 6.45) is 6.13. The Kier molecular flexibility index (Phi) is 7.35. The second-order valence-corrected chi connectivity index (χ2v) is 8.05. The van der Waals surface area contributed by atoms with Gasteiger partial charge in [0.15, 0.2) is 0 Å². The van der Waals surface area contributed by atoms with E-state index in [0.717, 1.165) is 51.6 Å². The average molecular weight is 356 g/mol. The standard InChI is InChI=1S/C18H32N2O5/c1-18(2,3)24-16(21)19-15-9-7-14(8-10-15)13-23-25-17(22)20-11-5-4-6-12-20/h14-15H,4-13H2,1-3H3,(H,19,21). The summed E-state index contributed by atoms with van der Waals surface area (Å²) in [4.78, 5) is 35.4. The van der Waals surface area contributed by atoms with E-state index in [1.54, 1.807) is 4.90 Å². The first-order valence-electron chi connectivity index (χ1n) is 9.41. The van der Waals surface area contributed by atoms with Crippen LogP contribution in [0.5, 0.6) is 0 Å². The van der Waals surface area contributed by atoms with Crippen LogP contribution in [0.25, 0.3) is 0 Å². The number of alkyl carbamates (subject to hydrolysis) is 1. The molecule has 2 aliphatic rings. The van der Waals surface area contributed by atoms with E-state index in [1.165, 1.54) is 6.42 Å². The van der Waals surface area contributed by atoms with Crippen LogP contribution < -0.4 is 5.32 Å². The molecule has 2 rings (SSSR count). The van der Waals surface area contributed by atoms with Crippen molar-refractivity contribution in [3.05, 3.63) is 0 Å². The number of ether oxygens (including phenoxy) is 1. The summed E-state index contributed by atoms with van der Waals surface area (Å²) >= 11 is 0. The Morgan fingerprint density at radius 1 is 1.04 bits per heavy atom. The van der Waals surface area contributed by atoms with Crippen molar-refractivity contribution in [2.24, 2.45) is 5.92 Å². The van der Waals surface area contributed by atoms with E-state index in [0.29, 0.717) is 12.5 Å². The zero-order valence-corrected chi connectivity index (χ0v) is 15.7. The van der Waals surface area contributed by atoms with Gasteiger partial charge in [0, 0.05) is 19.1 Å². The minimum Gasteiger partial charge on any atom is -0.444 e. The fraction of sp³-hybridized carbons (Fsp3) is 0.889. The molecule has 0 aromatic rings. The van der Waals surface area contributed by atoms with Crippen LogP contribution in [0.15, 0.2) is 0 Å². The first kappa shape index (κ1) is 19.8. The summed E-state index contributed by atoms with van der Waals surface area (Å²) in [5.41, 5.74) is -0.479. The quantitative estimate of drug-likeness (QED) is 0.615. The molecular formula is C18H32N2O5. The second kappa shape index (κ2) is 9.27. The lowest BCUT2D eigenvalue weighted by molar-refractivity contribution is -0.255. The third kappa shape index (κ3) is 7.50. The highest BCUT2D eigenvalue weighted by Crippen LogP contribution is 2.25. The molecular weight excluding hydrogens is 324 g/mol. The van der Waals surface area contributed by atoms with Gasteiger partial charge in [0.05, 0.1) is 6.61 Å². The van der Waals surface area contributed by atoms with Crippen LogP contribution in [-0.4, -0.2) is 48.4 Å². The monoisotopic (exact) mass is 356 g/mol. The maximum Gasteiger partial charge on any atom is 0.441 e. The van der Waals surface area contributed by atoms with E-state index >= 15 is 0 Å². The number of hydrogen-bond donors (Lipinski definition) is 1. The molecule has 1 saturated heterocycles. The minimum absolute atomic E-state index is 0.141. The van der Waals surface area contributed by atoms with Crippen LogP contribution in [0.2, 0.25) is 0 Å². The predicted molar refractivity (Wildman–Crippen MR) is 93.0 cm³/mol. The van der Waals surface area contributed by atoms with Gasteiger partial charge < -0.3 is 15.0 Å². The smallest absolute Gasteiger partial charge is 0.441 e. The molecule has 1 saturated carbocycles. The summed E-state index contributed by atoms with van der Waals surface area (Å²) in [7, 11) is 0. The van der Waals surface area contributed by atoms with Gasteiger partial charge in [0.25, 0.3) is 0 Å². The lowest BCUT2D eigenvalue weighted by atomic mass is 9.87. The van der Waals surface area contributed by atoms with E-state index in [4.69, 9.17) is 14.5 Å². The van der Waals surface area contributed by atoms with E-state index < -0.39 is 5.60 Å². The van der Waals surface area contributed by atoms with Crippen molar-refractivity contribution in [2.75, 3.05) is 19.7 Å². The van der Waals surface area contributed by atoms with Gasteiger partial charge in [0.1, 0.15) is 5.60 Å². The van der Waals surface area contributed by atoms with Crippen molar-refractivity contribution in [1.29, 1.82) is 0 Å². The maximum absolute atomic E-state index is 11.8. The molecule has 0 aromatic carbocycles. The Morgan fingerprint density at radius 3 is 2.28 bits per heavy atom. The number of nitrogens with zero attached hydrogens (tertiary/aromatic N) is 1. The number of piperidine rings is 1. The topological polar surface area (TPSA) is 77.1 Å². The van der Waals surface area contributed by atoms with Crippen molar-refractivity contribution in [3.63, 3.8) is 0 Å². The van der Waals surface area contributed by atoms with Gasteiger partial charge in [-0.1, -0.05) is 0 Å². The molecule has 2 fully saturated rings. The van der Waals surface area contributed by atoms with E-state index in [-0.39, 0.29) is 18.2 Å².